The van der Waals surface area contributed by atoms with Crippen LogP contribution in [0.15, 0.2) is 30.3 Å². The monoisotopic (exact) mass is 378 g/mol. The Hall–Kier alpha value is -2.12. The van der Waals surface area contributed by atoms with Crippen LogP contribution < -0.4 is 5.32 Å². The molecule has 27 heavy (non-hydrogen) atoms. The quantitative estimate of drug-likeness (QED) is 0.734. The maximum Gasteiger partial charge on any atom is 0.408 e. The van der Waals surface area contributed by atoms with Gasteiger partial charge in [0, 0.05) is 19.6 Å². The molecule has 150 valence electrons. The fourth-order valence-electron chi connectivity index (χ4n) is 2.66. The van der Waals surface area contributed by atoms with Crippen molar-refractivity contribution >= 4 is 12.1 Å². The molecule has 0 bridgehead atoms. The minimum atomic E-state index is -0.758. The number of carbonyl (C=O) groups is 2. The summed E-state index contributed by atoms with van der Waals surface area (Å²) in [6.45, 7) is 9.19. The Kier molecular flexibility index (Phi) is 8.06. The van der Waals surface area contributed by atoms with Gasteiger partial charge < -0.3 is 19.5 Å². The van der Waals surface area contributed by atoms with E-state index in [-0.39, 0.29) is 6.61 Å². The molecular formula is C20H30N2O5. The van der Waals surface area contributed by atoms with Gasteiger partial charge in [-0.05, 0) is 32.8 Å². The lowest BCUT2D eigenvalue weighted by atomic mass is 10.2. The standard InChI is InChI=1S/C20H30N2O5/c1-20(2,3)27-19(24)21-17(9-10-22-11-13-25-14-12-22)18(23)26-15-16-7-5-4-6-8-16/h4-8,17H,9-15H2,1-3H3,(H,21,24). The van der Waals surface area contributed by atoms with Crippen LogP contribution in [0.2, 0.25) is 0 Å². The number of esters is 1. The predicted molar refractivity (Wildman–Crippen MR) is 101 cm³/mol. The first-order valence-corrected chi connectivity index (χ1v) is 9.34. The second kappa shape index (κ2) is 10.3. The number of nitrogens with zero attached hydrogens (tertiary/aromatic N) is 1. The van der Waals surface area contributed by atoms with Gasteiger partial charge in [-0.3, -0.25) is 4.90 Å². The molecule has 1 heterocycles. The van der Waals surface area contributed by atoms with Gasteiger partial charge in [0.1, 0.15) is 18.2 Å². The van der Waals surface area contributed by atoms with Crippen molar-refractivity contribution in [3.05, 3.63) is 35.9 Å². The van der Waals surface area contributed by atoms with Crippen molar-refractivity contribution in [2.45, 2.75) is 45.4 Å². The van der Waals surface area contributed by atoms with Crippen LogP contribution in [0.1, 0.15) is 32.8 Å². The molecule has 1 atom stereocenters. The summed E-state index contributed by atoms with van der Waals surface area (Å²) in [5, 5.41) is 2.66. The molecule has 0 radical (unpaired) electrons. The number of rotatable bonds is 7. The minimum Gasteiger partial charge on any atom is -0.459 e. The van der Waals surface area contributed by atoms with E-state index in [1.54, 1.807) is 20.8 Å². The average molecular weight is 378 g/mol. The fourth-order valence-corrected chi connectivity index (χ4v) is 2.66. The third kappa shape index (κ3) is 8.41. The van der Waals surface area contributed by atoms with Crippen LogP contribution in [-0.4, -0.2) is 61.5 Å². The number of hydrogen-bond donors (Lipinski definition) is 1. The van der Waals surface area contributed by atoms with Crippen molar-refractivity contribution in [3.63, 3.8) is 0 Å². The Morgan fingerprint density at radius 1 is 1.19 bits per heavy atom. The van der Waals surface area contributed by atoms with Gasteiger partial charge >= 0.3 is 12.1 Å². The molecule has 7 heteroatoms. The number of carbonyl (C=O) groups excluding carboxylic acids is 2. The topological polar surface area (TPSA) is 77.1 Å². The zero-order chi connectivity index (χ0) is 19.7. The van der Waals surface area contributed by atoms with Crippen molar-refractivity contribution in [2.24, 2.45) is 0 Å². The molecule has 1 aliphatic heterocycles. The van der Waals surface area contributed by atoms with Crippen LogP contribution in [0.25, 0.3) is 0 Å². The minimum absolute atomic E-state index is 0.170. The van der Waals surface area contributed by atoms with Crippen molar-refractivity contribution in [3.8, 4) is 0 Å². The van der Waals surface area contributed by atoms with Crippen LogP contribution in [0.5, 0.6) is 0 Å². The van der Waals surface area contributed by atoms with Gasteiger partial charge in [-0.15, -0.1) is 0 Å². The average Bonchev–Trinajstić information content (AvgIpc) is 2.63. The molecule has 7 nitrogen and oxygen atoms in total. The molecule has 1 unspecified atom stereocenters. The van der Waals surface area contributed by atoms with Gasteiger partial charge in [-0.25, -0.2) is 9.59 Å². The molecule has 1 aliphatic rings. The number of nitrogens with one attached hydrogen (secondary N) is 1. The SMILES string of the molecule is CC(C)(C)OC(=O)NC(CCN1CCOCC1)C(=O)OCc1ccccc1. The van der Waals surface area contributed by atoms with Gasteiger partial charge in [-0.1, -0.05) is 30.3 Å². The summed E-state index contributed by atoms with van der Waals surface area (Å²) in [7, 11) is 0. The first-order chi connectivity index (χ1) is 12.8. The molecule has 1 saturated heterocycles. The molecule has 1 N–H and O–H groups in total. The van der Waals surface area contributed by atoms with Gasteiger partial charge in [0.25, 0.3) is 0 Å². The highest BCUT2D eigenvalue weighted by molar-refractivity contribution is 5.81. The molecular weight excluding hydrogens is 348 g/mol. The zero-order valence-electron chi connectivity index (χ0n) is 16.4. The highest BCUT2D eigenvalue weighted by Crippen LogP contribution is 2.09. The van der Waals surface area contributed by atoms with Crippen molar-refractivity contribution in [1.82, 2.24) is 10.2 Å². The number of morpholine rings is 1. The Labute approximate surface area is 161 Å². The highest BCUT2D eigenvalue weighted by Gasteiger charge is 2.26. The van der Waals surface area contributed by atoms with Crippen LogP contribution >= 0.6 is 0 Å². The molecule has 0 spiro atoms. The van der Waals surface area contributed by atoms with Gasteiger partial charge in [-0.2, -0.15) is 0 Å². The molecule has 0 saturated carbocycles. The maximum atomic E-state index is 12.6. The van der Waals surface area contributed by atoms with E-state index in [0.717, 1.165) is 18.7 Å². The van der Waals surface area contributed by atoms with E-state index in [1.165, 1.54) is 0 Å². The molecule has 1 amide bonds. The second-order valence-electron chi connectivity index (χ2n) is 7.53. The molecule has 1 aromatic carbocycles. The predicted octanol–water partition coefficient (Wildman–Crippen LogP) is 2.35. The molecule has 1 fully saturated rings. The van der Waals surface area contributed by atoms with Gasteiger partial charge in [0.15, 0.2) is 0 Å². The van der Waals surface area contributed by atoms with E-state index in [2.05, 4.69) is 10.2 Å². The van der Waals surface area contributed by atoms with E-state index >= 15 is 0 Å². The van der Waals surface area contributed by atoms with Crippen molar-refractivity contribution in [1.29, 1.82) is 0 Å². The van der Waals surface area contributed by atoms with Crippen molar-refractivity contribution < 1.29 is 23.8 Å². The number of amides is 1. The Balaban J connectivity index is 1.91. The molecule has 0 aliphatic carbocycles. The Bertz CT molecular complexity index is 594. The first kappa shape index (κ1) is 21.2. The smallest absolute Gasteiger partial charge is 0.408 e. The van der Waals surface area contributed by atoms with Crippen LogP contribution in [-0.2, 0) is 25.6 Å². The summed E-state index contributed by atoms with van der Waals surface area (Å²) >= 11 is 0. The normalized spacial score (nSPS) is 16.4. The van der Waals surface area contributed by atoms with E-state index in [0.29, 0.717) is 26.2 Å². The summed E-state index contributed by atoms with van der Waals surface area (Å²) in [6.07, 6.45) is -0.168. The largest absolute Gasteiger partial charge is 0.459 e. The van der Waals surface area contributed by atoms with E-state index in [1.807, 2.05) is 30.3 Å². The second-order valence-corrected chi connectivity index (χ2v) is 7.53. The third-order valence-electron chi connectivity index (χ3n) is 4.04. The number of ether oxygens (including phenoxy) is 3. The van der Waals surface area contributed by atoms with Crippen LogP contribution in [0.3, 0.4) is 0 Å². The number of hydrogen-bond acceptors (Lipinski definition) is 6. The number of benzene rings is 1. The zero-order valence-corrected chi connectivity index (χ0v) is 16.4. The van der Waals surface area contributed by atoms with Gasteiger partial charge in [0.2, 0.25) is 0 Å². The Morgan fingerprint density at radius 2 is 1.85 bits per heavy atom. The fraction of sp³-hybridized carbons (Fsp3) is 0.600. The summed E-state index contributed by atoms with van der Waals surface area (Å²) in [5.74, 6) is -0.460. The lowest BCUT2D eigenvalue weighted by molar-refractivity contribution is -0.147. The maximum absolute atomic E-state index is 12.6. The summed E-state index contributed by atoms with van der Waals surface area (Å²) in [5.41, 5.74) is 0.266. The highest BCUT2D eigenvalue weighted by atomic mass is 16.6. The third-order valence-corrected chi connectivity index (χ3v) is 4.04. The molecule has 0 aromatic heterocycles. The summed E-state index contributed by atoms with van der Waals surface area (Å²) in [4.78, 5) is 26.9. The summed E-state index contributed by atoms with van der Waals surface area (Å²) in [6, 6.07) is 8.69. The summed E-state index contributed by atoms with van der Waals surface area (Å²) < 4.78 is 16.0. The lowest BCUT2D eigenvalue weighted by Gasteiger charge is -2.28. The van der Waals surface area contributed by atoms with E-state index in [4.69, 9.17) is 14.2 Å². The number of alkyl carbamates (subject to hydrolysis) is 1. The van der Waals surface area contributed by atoms with Gasteiger partial charge in [0.05, 0.1) is 13.2 Å². The Morgan fingerprint density at radius 3 is 2.48 bits per heavy atom. The van der Waals surface area contributed by atoms with E-state index < -0.39 is 23.7 Å². The van der Waals surface area contributed by atoms with Crippen molar-refractivity contribution in [2.75, 3.05) is 32.8 Å². The van der Waals surface area contributed by atoms with Crippen LogP contribution in [0.4, 0.5) is 4.79 Å². The van der Waals surface area contributed by atoms with Crippen LogP contribution in [0, 0.1) is 0 Å². The first-order valence-electron chi connectivity index (χ1n) is 9.34. The van der Waals surface area contributed by atoms with E-state index in [9.17, 15) is 9.59 Å². The molecule has 1 aromatic rings. The molecule has 2 rings (SSSR count). The lowest BCUT2D eigenvalue weighted by Crippen LogP contribution is -2.47.